The van der Waals surface area contributed by atoms with Crippen molar-refractivity contribution in [2.24, 2.45) is 17.8 Å². The first-order valence-electron chi connectivity index (χ1n) is 9.16. The maximum Gasteiger partial charge on any atom is 0.224 e. The summed E-state index contributed by atoms with van der Waals surface area (Å²) in [6.07, 6.45) is 5.67. The van der Waals surface area contributed by atoms with Gasteiger partial charge in [0, 0.05) is 30.8 Å². The van der Waals surface area contributed by atoms with Crippen LogP contribution in [-0.4, -0.2) is 22.3 Å². The molecule has 3 aliphatic rings. The first-order chi connectivity index (χ1) is 12.7. The van der Waals surface area contributed by atoms with Gasteiger partial charge in [-0.2, -0.15) is 0 Å². The van der Waals surface area contributed by atoms with Crippen LogP contribution in [0.5, 0.6) is 5.75 Å². The maximum atomic E-state index is 12.7. The third-order valence-electron chi connectivity index (χ3n) is 6.13. The molecule has 2 aliphatic carbocycles. The molecule has 2 heterocycles. The number of nitrogens with one attached hydrogen (secondary N) is 1. The second-order valence-corrected chi connectivity index (χ2v) is 7.60. The molecule has 132 valence electrons. The number of carbonyl (C=O) groups excluding carboxylic acids is 2. The lowest BCUT2D eigenvalue weighted by atomic mass is 9.84. The van der Waals surface area contributed by atoms with E-state index in [4.69, 9.17) is 4.74 Å². The highest BCUT2D eigenvalue weighted by molar-refractivity contribution is 6.00. The molecular formula is C21H20N2O3. The number of ether oxygens (including phenoxy) is 1. The van der Waals surface area contributed by atoms with Gasteiger partial charge in [-0.1, -0.05) is 18.2 Å². The number of carbonyl (C=O) groups is 2. The summed E-state index contributed by atoms with van der Waals surface area (Å²) in [6.45, 7) is 0.484. The number of hydrogen-bond donors (Lipinski definition) is 1. The summed E-state index contributed by atoms with van der Waals surface area (Å²) in [6, 6.07) is 11.2. The molecule has 0 saturated heterocycles. The van der Waals surface area contributed by atoms with Crippen LogP contribution in [0.1, 0.15) is 35.2 Å². The topological polar surface area (TPSA) is 68.3 Å². The van der Waals surface area contributed by atoms with Crippen molar-refractivity contribution in [3.8, 4) is 5.75 Å². The van der Waals surface area contributed by atoms with Crippen molar-refractivity contribution >= 4 is 11.7 Å². The fraction of sp³-hybridized carbons (Fsp3) is 0.381. The Labute approximate surface area is 151 Å². The molecule has 4 atom stereocenters. The number of nitrogens with zero attached hydrogens (tertiary/aromatic N) is 1. The second kappa shape index (κ2) is 5.66. The van der Waals surface area contributed by atoms with Crippen LogP contribution in [0.4, 0.5) is 0 Å². The minimum Gasteiger partial charge on any atom is -0.486 e. The summed E-state index contributed by atoms with van der Waals surface area (Å²) in [7, 11) is 0. The van der Waals surface area contributed by atoms with E-state index in [1.807, 2.05) is 36.4 Å². The van der Waals surface area contributed by atoms with Gasteiger partial charge in [-0.25, -0.2) is 0 Å². The summed E-state index contributed by atoms with van der Waals surface area (Å²) < 4.78 is 6.34. The number of Topliss-reactive ketones (excluding diaryl/α,β-unsaturated/α-hetero) is 1. The van der Waals surface area contributed by atoms with E-state index in [0.717, 1.165) is 18.4 Å². The second-order valence-electron chi connectivity index (χ2n) is 7.60. The van der Waals surface area contributed by atoms with E-state index in [-0.39, 0.29) is 23.5 Å². The predicted octanol–water partition coefficient (Wildman–Crippen LogP) is 2.76. The van der Waals surface area contributed by atoms with Crippen molar-refractivity contribution in [3.63, 3.8) is 0 Å². The number of aromatic nitrogens is 1. The van der Waals surface area contributed by atoms with Gasteiger partial charge in [-0.05, 0) is 42.5 Å². The average molecular weight is 348 g/mol. The van der Waals surface area contributed by atoms with Crippen molar-refractivity contribution in [2.45, 2.75) is 31.4 Å². The van der Waals surface area contributed by atoms with Gasteiger partial charge in [-0.3, -0.25) is 14.6 Å². The van der Waals surface area contributed by atoms with Gasteiger partial charge < -0.3 is 10.1 Å². The monoisotopic (exact) mass is 348 g/mol. The summed E-state index contributed by atoms with van der Waals surface area (Å²) in [5, 5.41) is 3.02. The minimum absolute atomic E-state index is 0.0431. The van der Waals surface area contributed by atoms with E-state index in [0.29, 0.717) is 30.2 Å². The number of pyridine rings is 1. The summed E-state index contributed by atoms with van der Waals surface area (Å²) in [4.78, 5) is 29.4. The van der Waals surface area contributed by atoms with Crippen LogP contribution in [0.25, 0.3) is 0 Å². The third kappa shape index (κ3) is 2.34. The van der Waals surface area contributed by atoms with Crippen molar-refractivity contribution in [1.82, 2.24) is 10.3 Å². The van der Waals surface area contributed by atoms with E-state index in [9.17, 15) is 9.59 Å². The van der Waals surface area contributed by atoms with Crippen LogP contribution >= 0.6 is 0 Å². The number of hydrogen-bond acceptors (Lipinski definition) is 4. The van der Waals surface area contributed by atoms with E-state index >= 15 is 0 Å². The molecule has 5 rings (SSSR count). The molecule has 2 saturated carbocycles. The molecule has 0 bridgehead atoms. The SMILES string of the molecule is O=C1C[C@]2(CC[C@@H]3[C@@H](C(=O)NCc4cccnc4)[C@H]32)Oc2ccccc21. The quantitative estimate of drug-likeness (QED) is 0.926. The molecule has 1 spiro atoms. The number of benzene rings is 1. The largest absolute Gasteiger partial charge is 0.486 e. The molecule has 0 unspecified atom stereocenters. The lowest BCUT2D eigenvalue weighted by Gasteiger charge is -2.37. The highest BCUT2D eigenvalue weighted by atomic mass is 16.5. The Morgan fingerprint density at radius 1 is 1.27 bits per heavy atom. The van der Waals surface area contributed by atoms with Crippen LogP contribution in [0.15, 0.2) is 48.8 Å². The zero-order chi connectivity index (χ0) is 17.7. The molecular weight excluding hydrogens is 328 g/mol. The van der Waals surface area contributed by atoms with E-state index in [1.165, 1.54) is 0 Å². The molecule has 1 amide bonds. The average Bonchev–Trinajstić information content (AvgIpc) is 3.32. The highest BCUT2D eigenvalue weighted by Crippen LogP contribution is 2.65. The fourth-order valence-corrected chi connectivity index (χ4v) is 4.93. The van der Waals surface area contributed by atoms with Crippen molar-refractivity contribution in [2.75, 3.05) is 0 Å². The lowest BCUT2D eigenvalue weighted by molar-refractivity contribution is -0.124. The molecule has 1 aromatic heterocycles. The van der Waals surface area contributed by atoms with Gasteiger partial charge in [0.15, 0.2) is 5.78 Å². The van der Waals surface area contributed by atoms with Crippen LogP contribution in [-0.2, 0) is 11.3 Å². The van der Waals surface area contributed by atoms with Gasteiger partial charge in [0.1, 0.15) is 11.4 Å². The van der Waals surface area contributed by atoms with Crippen molar-refractivity contribution < 1.29 is 14.3 Å². The van der Waals surface area contributed by atoms with E-state index in [2.05, 4.69) is 10.3 Å². The highest BCUT2D eigenvalue weighted by Gasteiger charge is 2.70. The fourth-order valence-electron chi connectivity index (χ4n) is 4.93. The standard InChI is InChI=1S/C21H20N2O3/c24-16-10-21(26-17-6-2-1-5-14(16)17)8-7-15-18(19(15)21)20(25)23-12-13-4-3-9-22-11-13/h1-6,9,11,15,18-19H,7-8,10,12H2,(H,23,25)/t15-,18-,19+,21+/m1/s1. The Balaban J connectivity index is 1.31. The third-order valence-corrected chi connectivity index (χ3v) is 6.13. The molecule has 2 fully saturated rings. The molecule has 26 heavy (non-hydrogen) atoms. The Morgan fingerprint density at radius 2 is 2.15 bits per heavy atom. The zero-order valence-corrected chi connectivity index (χ0v) is 14.4. The number of amides is 1. The van der Waals surface area contributed by atoms with Gasteiger partial charge in [-0.15, -0.1) is 0 Å². The zero-order valence-electron chi connectivity index (χ0n) is 14.4. The van der Waals surface area contributed by atoms with E-state index in [1.54, 1.807) is 12.4 Å². The lowest BCUT2D eigenvalue weighted by Crippen LogP contribution is -2.44. The number of fused-ring (bicyclic) bond motifs is 3. The van der Waals surface area contributed by atoms with Crippen LogP contribution < -0.4 is 10.1 Å². The molecule has 2 aromatic rings. The Morgan fingerprint density at radius 3 is 3.00 bits per heavy atom. The molecule has 1 N–H and O–H groups in total. The number of para-hydroxylation sites is 1. The summed E-state index contributed by atoms with van der Waals surface area (Å²) in [5.74, 6) is 1.31. The molecule has 5 nitrogen and oxygen atoms in total. The van der Waals surface area contributed by atoms with E-state index < -0.39 is 5.60 Å². The Hall–Kier alpha value is -2.69. The number of rotatable bonds is 3. The van der Waals surface area contributed by atoms with Gasteiger partial charge >= 0.3 is 0 Å². The van der Waals surface area contributed by atoms with Crippen molar-refractivity contribution in [3.05, 3.63) is 59.9 Å². The molecule has 1 aromatic carbocycles. The Bertz CT molecular complexity index is 882. The van der Waals surface area contributed by atoms with Crippen LogP contribution in [0.3, 0.4) is 0 Å². The summed E-state index contributed by atoms with van der Waals surface area (Å²) >= 11 is 0. The van der Waals surface area contributed by atoms with Crippen molar-refractivity contribution in [1.29, 1.82) is 0 Å². The Kier molecular flexibility index (Phi) is 3.39. The maximum absolute atomic E-state index is 12.7. The molecule has 0 radical (unpaired) electrons. The van der Waals surface area contributed by atoms with Gasteiger partial charge in [0.2, 0.25) is 5.91 Å². The van der Waals surface area contributed by atoms with Gasteiger partial charge in [0.05, 0.1) is 12.0 Å². The van der Waals surface area contributed by atoms with Gasteiger partial charge in [0.25, 0.3) is 0 Å². The first kappa shape index (κ1) is 15.6. The smallest absolute Gasteiger partial charge is 0.224 e. The summed E-state index contributed by atoms with van der Waals surface area (Å²) in [5.41, 5.74) is 1.16. The number of ketones is 1. The first-order valence-corrected chi connectivity index (χ1v) is 9.16. The predicted molar refractivity (Wildman–Crippen MR) is 94.5 cm³/mol. The molecule has 1 aliphatic heterocycles. The van der Waals surface area contributed by atoms with Crippen LogP contribution in [0.2, 0.25) is 0 Å². The van der Waals surface area contributed by atoms with Crippen LogP contribution in [0, 0.1) is 17.8 Å². The normalized spacial score (nSPS) is 31.1. The molecule has 5 heteroatoms. The minimum atomic E-state index is -0.494.